The lowest BCUT2D eigenvalue weighted by atomic mass is 9.88. The third-order valence-corrected chi connectivity index (χ3v) is 4.54. The highest BCUT2D eigenvalue weighted by molar-refractivity contribution is 7.16. The summed E-state index contributed by atoms with van der Waals surface area (Å²) in [6, 6.07) is 3.79. The molecule has 3 N–H and O–H groups in total. The summed E-state index contributed by atoms with van der Waals surface area (Å²) in [5, 5.41) is 2.93. The van der Waals surface area contributed by atoms with Crippen LogP contribution < -0.4 is 11.1 Å². The Hall–Kier alpha value is -0.580. The van der Waals surface area contributed by atoms with Gasteiger partial charge in [-0.3, -0.25) is 4.79 Å². The van der Waals surface area contributed by atoms with Crippen molar-refractivity contribution in [1.82, 2.24) is 5.32 Å². The molecule has 1 rings (SSSR count). The second-order valence-corrected chi connectivity index (χ2v) is 6.90. The summed E-state index contributed by atoms with van der Waals surface area (Å²) in [6.45, 7) is 5.63. The molecule has 0 spiro atoms. The number of halogens is 1. The minimum Gasteiger partial charge on any atom is -0.351 e. The van der Waals surface area contributed by atoms with E-state index in [2.05, 4.69) is 19.2 Å². The molecule has 1 aromatic rings. The maximum atomic E-state index is 11.8. The molecule has 0 aromatic carbocycles. The van der Waals surface area contributed by atoms with Gasteiger partial charge in [0.05, 0.1) is 10.9 Å². The molecule has 0 aliphatic heterocycles. The minimum atomic E-state index is 0.104. The second kappa shape index (κ2) is 8.56. The zero-order valence-corrected chi connectivity index (χ0v) is 13.2. The van der Waals surface area contributed by atoms with Crippen molar-refractivity contribution in [3.05, 3.63) is 21.3 Å². The molecule has 0 aliphatic carbocycles. The van der Waals surface area contributed by atoms with Crippen LogP contribution >= 0.6 is 22.9 Å². The second-order valence-electron chi connectivity index (χ2n) is 5.10. The van der Waals surface area contributed by atoms with Crippen molar-refractivity contribution in [1.29, 1.82) is 0 Å². The summed E-state index contributed by atoms with van der Waals surface area (Å²) in [5.74, 6) is 1.21. The zero-order valence-electron chi connectivity index (χ0n) is 11.6. The maximum absolute atomic E-state index is 11.8. The fourth-order valence-electron chi connectivity index (χ4n) is 2.06. The summed E-state index contributed by atoms with van der Waals surface area (Å²) in [6.07, 6.45) is 2.47. The largest absolute Gasteiger partial charge is 0.351 e. The number of amides is 1. The minimum absolute atomic E-state index is 0.104. The number of hydrogen-bond donors (Lipinski definition) is 2. The molecule has 0 radical (unpaired) electrons. The molecule has 1 heterocycles. The highest BCUT2D eigenvalue weighted by Crippen LogP contribution is 2.22. The van der Waals surface area contributed by atoms with Crippen molar-refractivity contribution >= 4 is 28.8 Å². The summed E-state index contributed by atoms with van der Waals surface area (Å²) in [7, 11) is 0. The lowest BCUT2D eigenvalue weighted by Crippen LogP contribution is -2.24. The van der Waals surface area contributed by atoms with Gasteiger partial charge in [0.1, 0.15) is 0 Å². The van der Waals surface area contributed by atoms with Crippen molar-refractivity contribution < 1.29 is 4.79 Å². The fraction of sp³-hybridized carbons (Fsp3) is 0.643. The fourth-order valence-corrected chi connectivity index (χ4v) is 3.09. The van der Waals surface area contributed by atoms with E-state index in [-0.39, 0.29) is 5.91 Å². The molecule has 0 aliphatic rings. The van der Waals surface area contributed by atoms with E-state index in [0.29, 0.717) is 31.3 Å². The van der Waals surface area contributed by atoms with Gasteiger partial charge in [-0.15, -0.1) is 11.3 Å². The first-order chi connectivity index (χ1) is 9.02. The SMILES string of the molecule is CC(C)C(CCN)CCC(=O)NCc1ccc(Cl)s1. The van der Waals surface area contributed by atoms with E-state index in [9.17, 15) is 4.79 Å². The smallest absolute Gasteiger partial charge is 0.220 e. The van der Waals surface area contributed by atoms with Crippen LogP contribution in [0.1, 0.15) is 38.0 Å². The van der Waals surface area contributed by atoms with E-state index >= 15 is 0 Å². The molecule has 0 saturated carbocycles. The zero-order chi connectivity index (χ0) is 14.3. The van der Waals surface area contributed by atoms with Crippen LogP contribution in [0.25, 0.3) is 0 Å². The average molecular weight is 303 g/mol. The summed E-state index contributed by atoms with van der Waals surface area (Å²) < 4.78 is 0.757. The summed E-state index contributed by atoms with van der Waals surface area (Å²) in [4.78, 5) is 12.9. The predicted octanol–water partition coefficient (Wildman–Crippen LogP) is 3.42. The topological polar surface area (TPSA) is 55.1 Å². The molecule has 0 saturated heterocycles. The van der Waals surface area contributed by atoms with Crippen LogP contribution in [0.5, 0.6) is 0 Å². The Bertz CT molecular complexity index is 393. The van der Waals surface area contributed by atoms with Crippen LogP contribution in [-0.2, 0) is 11.3 Å². The first-order valence-corrected chi connectivity index (χ1v) is 7.93. The van der Waals surface area contributed by atoms with Gasteiger partial charge in [0, 0.05) is 11.3 Å². The maximum Gasteiger partial charge on any atom is 0.220 e. The lowest BCUT2D eigenvalue weighted by molar-refractivity contribution is -0.121. The molecule has 1 unspecified atom stereocenters. The average Bonchev–Trinajstić information content (AvgIpc) is 2.77. The molecular formula is C14H23ClN2OS. The first-order valence-electron chi connectivity index (χ1n) is 6.74. The molecule has 0 bridgehead atoms. The molecule has 5 heteroatoms. The van der Waals surface area contributed by atoms with Crippen LogP contribution in [-0.4, -0.2) is 12.5 Å². The monoisotopic (exact) mass is 302 g/mol. The number of rotatable bonds is 8. The van der Waals surface area contributed by atoms with E-state index in [4.69, 9.17) is 17.3 Å². The van der Waals surface area contributed by atoms with Crippen LogP contribution in [0.15, 0.2) is 12.1 Å². The van der Waals surface area contributed by atoms with Gasteiger partial charge < -0.3 is 11.1 Å². The molecule has 1 atom stereocenters. The third kappa shape index (κ3) is 6.41. The van der Waals surface area contributed by atoms with Crippen molar-refractivity contribution in [2.75, 3.05) is 6.54 Å². The van der Waals surface area contributed by atoms with E-state index in [1.807, 2.05) is 12.1 Å². The molecular weight excluding hydrogens is 280 g/mol. The van der Waals surface area contributed by atoms with Crippen LogP contribution in [0, 0.1) is 11.8 Å². The highest BCUT2D eigenvalue weighted by atomic mass is 35.5. The molecule has 108 valence electrons. The Kier molecular flexibility index (Phi) is 7.42. The Labute approximate surface area is 124 Å². The van der Waals surface area contributed by atoms with Gasteiger partial charge >= 0.3 is 0 Å². The van der Waals surface area contributed by atoms with E-state index in [0.717, 1.165) is 22.1 Å². The van der Waals surface area contributed by atoms with Crippen LogP contribution in [0.4, 0.5) is 0 Å². The Morgan fingerprint density at radius 2 is 2.16 bits per heavy atom. The van der Waals surface area contributed by atoms with E-state index < -0.39 is 0 Å². The number of thiophene rings is 1. The van der Waals surface area contributed by atoms with Gasteiger partial charge in [-0.1, -0.05) is 25.4 Å². The van der Waals surface area contributed by atoms with E-state index in [1.54, 1.807) is 0 Å². The number of nitrogens with two attached hydrogens (primary N) is 1. The number of carbonyl (C=O) groups excluding carboxylic acids is 1. The van der Waals surface area contributed by atoms with Gasteiger partial charge in [0.25, 0.3) is 0 Å². The Morgan fingerprint density at radius 1 is 1.42 bits per heavy atom. The lowest BCUT2D eigenvalue weighted by Gasteiger charge is -2.19. The standard InChI is InChI=1S/C14H23ClN2OS/c1-10(2)11(7-8-16)3-6-14(18)17-9-12-4-5-13(15)19-12/h4-5,10-11H,3,6-9,16H2,1-2H3,(H,17,18). The van der Waals surface area contributed by atoms with Gasteiger partial charge in [0.15, 0.2) is 0 Å². The normalized spacial score (nSPS) is 12.7. The first kappa shape index (κ1) is 16.5. The van der Waals surface area contributed by atoms with Crippen molar-refractivity contribution in [2.24, 2.45) is 17.6 Å². The number of carbonyl (C=O) groups is 1. The third-order valence-electron chi connectivity index (χ3n) is 3.31. The molecule has 19 heavy (non-hydrogen) atoms. The van der Waals surface area contributed by atoms with Gasteiger partial charge in [0.2, 0.25) is 5.91 Å². The number of hydrogen-bond acceptors (Lipinski definition) is 3. The van der Waals surface area contributed by atoms with Crippen LogP contribution in [0.2, 0.25) is 4.34 Å². The van der Waals surface area contributed by atoms with Gasteiger partial charge in [-0.05, 0) is 43.4 Å². The van der Waals surface area contributed by atoms with Gasteiger partial charge in [-0.2, -0.15) is 0 Å². The van der Waals surface area contributed by atoms with Crippen LogP contribution in [0.3, 0.4) is 0 Å². The van der Waals surface area contributed by atoms with Crippen molar-refractivity contribution in [3.8, 4) is 0 Å². The summed E-state index contributed by atoms with van der Waals surface area (Å²) in [5.41, 5.74) is 5.60. The van der Waals surface area contributed by atoms with Crippen molar-refractivity contribution in [3.63, 3.8) is 0 Å². The molecule has 1 amide bonds. The van der Waals surface area contributed by atoms with Crippen molar-refractivity contribution in [2.45, 2.75) is 39.7 Å². The predicted molar refractivity (Wildman–Crippen MR) is 82.4 cm³/mol. The Morgan fingerprint density at radius 3 is 2.68 bits per heavy atom. The Balaban J connectivity index is 2.27. The molecule has 1 aromatic heterocycles. The van der Waals surface area contributed by atoms with Gasteiger partial charge in [-0.25, -0.2) is 0 Å². The van der Waals surface area contributed by atoms with E-state index in [1.165, 1.54) is 11.3 Å². The quantitative estimate of drug-likeness (QED) is 0.773. The highest BCUT2D eigenvalue weighted by Gasteiger charge is 2.14. The molecule has 3 nitrogen and oxygen atoms in total. The summed E-state index contributed by atoms with van der Waals surface area (Å²) >= 11 is 7.34. The number of nitrogens with one attached hydrogen (secondary N) is 1. The molecule has 0 fully saturated rings.